The number of piperazine rings is 1. The number of urea groups is 1. The van der Waals surface area contributed by atoms with Gasteiger partial charge >= 0.3 is 6.03 Å². The first-order chi connectivity index (χ1) is 15.0. The van der Waals surface area contributed by atoms with Gasteiger partial charge in [0.15, 0.2) is 5.65 Å². The van der Waals surface area contributed by atoms with Crippen LogP contribution >= 0.6 is 0 Å². The number of aromatic nitrogens is 4. The maximum atomic E-state index is 12.9. The Bertz CT molecular complexity index is 1260. The van der Waals surface area contributed by atoms with Crippen LogP contribution in [0.4, 0.5) is 16.4 Å². The first-order valence-corrected chi connectivity index (χ1v) is 10.5. The smallest absolute Gasteiger partial charge is 0.322 e. The van der Waals surface area contributed by atoms with E-state index in [0.717, 1.165) is 34.0 Å². The van der Waals surface area contributed by atoms with E-state index < -0.39 is 0 Å². The van der Waals surface area contributed by atoms with Crippen molar-refractivity contribution >= 4 is 34.2 Å². The summed E-state index contributed by atoms with van der Waals surface area (Å²) < 4.78 is 2.01. The van der Waals surface area contributed by atoms with Crippen LogP contribution in [0.15, 0.2) is 48.5 Å². The third-order valence-corrected chi connectivity index (χ3v) is 5.86. The average Bonchev–Trinajstić information content (AvgIpc) is 3.16. The van der Waals surface area contributed by atoms with Crippen molar-refractivity contribution in [3.63, 3.8) is 0 Å². The van der Waals surface area contributed by atoms with Crippen LogP contribution in [0.5, 0.6) is 0 Å². The lowest BCUT2D eigenvalue weighted by atomic mass is 10.2. The molecule has 1 fully saturated rings. The highest BCUT2D eigenvalue weighted by atomic mass is 16.2. The van der Waals surface area contributed by atoms with Gasteiger partial charge in [-0.1, -0.05) is 29.8 Å². The van der Waals surface area contributed by atoms with E-state index in [1.165, 1.54) is 5.56 Å². The molecule has 4 aromatic rings. The van der Waals surface area contributed by atoms with Crippen molar-refractivity contribution < 1.29 is 4.79 Å². The second kappa shape index (κ2) is 7.54. The highest BCUT2D eigenvalue weighted by molar-refractivity contribution is 5.92. The molecule has 0 spiro atoms. The van der Waals surface area contributed by atoms with Crippen LogP contribution in [-0.4, -0.2) is 56.2 Å². The molecule has 5 rings (SSSR count). The molecule has 0 bridgehead atoms. The van der Waals surface area contributed by atoms with Gasteiger partial charge in [0.25, 0.3) is 0 Å². The zero-order valence-electron chi connectivity index (χ0n) is 17.9. The summed E-state index contributed by atoms with van der Waals surface area (Å²) in [7, 11) is 0. The fourth-order valence-electron chi connectivity index (χ4n) is 4.18. The normalized spacial score (nSPS) is 16.8. The summed E-state index contributed by atoms with van der Waals surface area (Å²) in [6.45, 7) is 8.01. The Morgan fingerprint density at radius 2 is 1.81 bits per heavy atom. The molecule has 3 heterocycles. The number of carbonyl (C=O) groups excluding carboxylic acids is 1. The number of nitrogens with zero attached hydrogens (tertiary/aromatic N) is 6. The Morgan fingerprint density at radius 1 is 1.03 bits per heavy atom. The molecule has 1 unspecified atom stereocenters. The Hall–Kier alpha value is -3.68. The molecule has 31 heavy (non-hydrogen) atoms. The highest BCUT2D eigenvalue weighted by Crippen LogP contribution is 2.26. The Balaban J connectivity index is 1.40. The lowest BCUT2D eigenvalue weighted by Gasteiger charge is -2.40. The van der Waals surface area contributed by atoms with Gasteiger partial charge in [-0.15, -0.1) is 10.2 Å². The number of benzene rings is 2. The molecule has 1 saturated heterocycles. The molecule has 2 amide bonds. The number of amides is 2. The topological polar surface area (TPSA) is 78.7 Å². The molecule has 1 aliphatic heterocycles. The van der Waals surface area contributed by atoms with Crippen molar-refractivity contribution in [1.29, 1.82) is 0 Å². The molecular formula is C23H25N7O. The number of aryl methyl sites for hydroxylation is 2. The number of hydrogen-bond donors (Lipinski definition) is 1. The molecule has 0 aliphatic carbocycles. The van der Waals surface area contributed by atoms with Gasteiger partial charge in [0.2, 0.25) is 5.95 Å². The van der Waals surface area contributed by atoms with Crippen molar-refractivity contribution in [2.45, 2.75) is 26.8 Å². The number of para-hydroxylation sites is 1. The summed E-state index contributed by atoms with van der Waals surface area (Å²) >= 11 is 0. The first kappa shape index (κ1) is 19.3. The van der Waals surface area contributed by atoms with E-state index in [0.29, 0.717) is 19.6 Å². The van der Waals surface area contributed by atoms with Gasteiger partial charge in [-0.2, -0.15) is 0 Å². The second-order valence-electron chi connectivity index (χ2n) is 8.12. The summed E-state index contributed by atoms with van der Waals surface area (Å²) in [6, 6.07) is 15.8. The van der Waals surface area contributed by atoms with Crippen molar-refractivity contribution in [1.82, 2.24) is 24.5 Å². The van der Waals surface area contributed by atoms with Gasteiger partial charge in [0, 0.05) is 36.7 Å². The van der Waals surface area contributed by atoms with Crippen molar-refractivity contribution in [2.24, 2.45) is 0 Å². The van der Waals surface area contributed by atoms with Gasteiger partial charge in [0.05, 0.1) is 5.52 Å². The molecule has 1 N–H and O–H groups in total. The van der Waals surface area contributed by atoms with Crippen LogP contribution in [0.2, 0.25) is 0 Å². The van der Waals surface area contributed by atoms with E-state index in [1.54, 1.807) is 0 Å². The molecular weight excluding hydrogens is 390 g/mol. The summed E-state index contributed by atoms with van der Waals surface area (Å²) in [4.78, 5) is 21.9. The minimum absolute atomic E-state index is 0.0271. The Labute approximate surface area is 180 Å². The van der Waals surface area contributed by atoms with E-state index in [9.17, 15) is 4.79 Å². The van der Waals surface area contributed by atoms with Gasteiger partial charge < -0.3 is 15.1 Å². The molecule has 158 valence electrons. The SMILES string of the molecule is Cc1ccc(NC(=O)N2CCN(c3nc4ccccc4c4nnc(C)n34)CC2C)cc1. The third-order valence-electron chi connectivity index (χ3n) is 5.86. The van der Waals surface area contributed by atoms with Crippen LogP contribution in [0.1, 0.15) is 18.3 Å². The Morgan fingerprint density at radius 3 is 2.58 bits per heavy atom. The standard InChI is InChI=1S/C23H25N7O/c1-15-8-10-18(11-9-15)24-23(31)29-13-12-28(14-16(29)2)22-25-20-7-5-4-6-19(20)21-27-26-17(3)30(21)22/h4-11,16H,12-14H2,1-3H3,(H,24,31). The number of nitrogens with one attached hydrogen (secondary N) is 1. The van der Waals surface area contributed by atoms with Crippen molar-refractivity contribution in [3.8, 4) is 0 Å². The van der Waals surface area contributed by atoms with E-state index >= 15 is 0 Å². The fourth-order valence-corrected chi connectivity index (χ4v) is 4.18. The predicted octanol–water partition coefficient (Wildman–Crippen LogP) is 3.64. The molecule has 2 aromatic carbocycles. The molecule has 8 heteroatoms. The number of rotatable bonds is 2. The quantitative estimate of drug-likeness (QED) is 0.541. The average molecular weight is 416 g/mol. The second-order valence-corrected chi connectivity index (χ2v) is 8.12. The maximum Gasteiger partial charge on any atom is 0.322 e. The van der Waals surface area contributed by atoms with Gasteiger partial charge in [0.1, 0.15) is 5.82 Å². The molecule has 0 radical (unpaired) electrons. The summed E-state index contributed by atoms with van der Waals surface area (Å²) in [5.74, 6) is 1.62. The molecule has 8 nitrogen and oxygen atoms in total. The first-order valence-electron chi connectivity index (χ1n) is 10.5. The number of carbonyl (C=O) groups is 1. The van der Waals surface area contributed by atoms with E-state index in [-0.39, 0.29) is 12.1 Å². The molecule has 1 atom stereocenters. The van der Waals surface area contributed by atoms with Crippen molar-refractivity contribution in [2.75, 3.05) is 29.9 Å². The summed E-state index contributed by atoms with van der Waals surface area (Å²) in [5.41, 5.74) is 3.68. The monoisotopic (exact) mass is 415 g/mol. The van der Waals surface area contributed by atoms with Crippen LogP contribution in [0, 0.1) is 13.8 Å². The van der Waals surface area contributed by atoms with Crippen LogP contribution in [0.25, 0.3) is 16.6 Å². The van der Waals surface area contributed by atoms with Crippen LogP contribution in [-0.2, 0) is 0 Å². The molecule has 2 aromatic heterocycles. The van der Waals surface area contributed by atoms with Crippen LogP contribution < -0.4 is 10.2 Å². The number of anilines is 2. The van der Waals surface area contributed by atoms with Gasteiger partial charge in [-0.05, 0) is 45.0 Å². The lowest BCUT2D eigenvalue weighted by Crippen LogP contribution is -2.55. The van der Waals surface area contributed by atoms with E-state index in [1.807, 2.05) is 71.7 Å². The zero-order valence-corrected chi connectivity index (χ0v) is 17.9. The third kappa shape index (κ3) is 3.43. The zero-order chi connectivity index (χ0) is 21.5. The van der Waals surface area contributed by atoms with Gasteiger partial charge in [-0.25, -0.2) is 14.2 Å². The number of hydrogen-bond acceptors (Lipinski definition) is 5. The van der Waals surface area contributed by atoms with E-state index in [4.69, 9.17) is 4.98 Å². The van der Waals surface area contributed by atoms with Crippen LogP contribution in [0.3, 0.4) is 0 Å². The van der Waals surface area contributed by atoms with Gasteiger partial charge in [-0.3, -0.25) is 0 Å². The number of fused-ring (bicyclic) bond motifs is 3. The molecule has 1 aliphatic rings. The predicted molar refractivity (Wildman–Crippen MR) is 122 cm³/mol. The Kier molecular flexibility index (Phi) is 4.69. The summed E-state index contributed by atoms with van der Waals surface area (Å²) in [6.07, 6.45) is 0. The van der Waals surface area contributed by atoms with Crippen molar-refractivity contribution in [3.05, 3.63) is 59.9 Å². The minimum Gasteiger partial charge on any atom is -0.338 e. The minimum atomic E-state index is -0.0758. The van der Waals surface area contributed by atoms with E-state index in [2.05, 4.69) is 27.3 Å². The fraction of sp³-hybridized carbons (Fsp3) is 0.304. The lowest BCUT2D eigenvalue weighted by molar-refractivity contribution is 0.184. The summed E-state index contributed by atoms with van der Waals surface area (Å²) in [5, 5.41) is 12.7. The molecule has 0 saturated carbocycles. The largest absolute Gasteiger partial charge is 0.338 e. The maximum absolute atomic E-state index is 12.9. The highest BCUT2D eigenvalue weighted by Gasteiger charge is 2.30.